The van der Waals surface area contributed by atoms with E-state index in [0.29, 0.717) is 18.5 Å². The van der Waals surface area contributed by atoms with E-state index in [1.807, 2.05) is 6.08 Å². The van der Waals surface area contributed by atoms with E-state index >= 15 is 0 Å². The number of rotatable bonds is 15. The second-order valence-corrected chi connectivity index (χ2v) is 9.80. The number of likely N-dealkylation sites (N-methyl/N-ethyl adjacent to an activating group) is 1. The molecule has 1 amide bonds. The van der Waals surface area contributed by atoms with Crippen molar-refractivity contribution in [1.82, 2.24) is 10.2 Å². The summed E-state index contributed by atoms with van der Waals surface area (Å²) in [7, 11) is 2.22. The number of amides is 1. The standard InChI is InChI=1S/C26H48N6O/c1-21(2)9-6-10-22(3)11-7-12-23(4)13-14-25(33)29-17-15-24-19-32(20-31(24)5)18-8-16-30-26(27)28/h9,11,13-14,23-24H,6-8,10,12,15-20H2,1-5H3,(H,29,33)(H4,27,28,30)/p+1/t23-,24?/m0/s1. The van der Waals surface area contributed by atoms with Crippen molar-refractivity contribution in [3.63, 3.8) is 0 Å². The molecule has 1 fully saturated rings. The number of nitrogens with one attached hydrogen (secondary N) is 2. The van der Waals surface area contributed by atoms with Crippen LogP contribution < -0.4 is 21.7 Å². The van der Waals surface area contributed by atoms with Crippen molar-refractivity contribution >= 4 is 11.9 Å². The monoisotopic (exact) mass is 461 g/mol. The zero-order chi connectivity index (χ0) is 24.6. The van der Waals surface area contributed by atoms with E-state index in [2.05, 4.69) is 62.1 Å². The number of hydrogen-bond acceptors (Lipinski definition) is 3. The van der Waals surface area contributed by atoms with E-state index in [4.69, 9.17) is 11.5 Å². The third kappa shape index (κ3) is 14.6. The average Bonchev–Trinajstić information content (AvgIpc) is 3.08. The third-order valence-corrected chi connectivity index (χ3v) is 6.15. The summed E-state index contributed by atoms with van der Waals surface area (Å²) < 4.78 is 0. The van der Waals surface area contributed by atoms with Crippen LogP contribution in [0.5, 0.6) is 0 Å². The summed E-state index contributed by atoms with van der Waals surface area (Å²) >= 11 is 0. The van der Waals surface area contributed by atoms with Crippen molar-refractivity contribution < 1.29 is 9.69 Å². The second-order valence-electron chi connectivity index (χ2n) is 9.80. The highest BCUT2D eigenvalue weighted by Gasteiger charge is 2.30. The van der Waals surface area contributed by atoms with Crippen LogP contribution in [0.25, 0.3) is 0 Å². The Balaban J connectivity index is 2.20. The molecule has 1 saturated heterocycles. The Kier molecular flexibility index (Phi) is 14.4. The van der Waals surface area contributed by atoms with Gasteiger partial charge in [0.15, 0.2) is 5.96 Å². The highest BCUT2D eigenvalue weighted by atomic mass is 16.1. The highest BCUT2D eigenvalue weighted by molar-refractivity contribution is 5.87. The summed E-state index contributed by atoms with van der Waals surface area (Å²) in [6.07, 6.45) is 14.7. The Labute approximate surface area is 202 Å². The number of quaternary nitrogens is 1. The van der Waals surface area contributed by atoms with E-state index in [0.717, 1.165) is 64.8 Å². The molecule has 0 aromatic heterocycles. The minimum absolute atomic E-state index is 0.0139. The highest BCUT2D eigenvalue weighted by Crippen LogP contribution is 2.12. The number of nitrogens with zero attached hydrogens (tertiary/aromatic N) is 2. The maximum Gasteiger partial charge on any atom is 0.243 e. The lowest BCUT2D eigenvalue weighted by Gasteiger charge is -2.14. The van der Waals surface area contributed by atoms with Gasteiger partial charge in [-0.2, -0.15) is 0 Å². The molecule has 0 aromatic rings. The maximum absolute atomic E-state index is 12.2. The number of nitrogens with two attached hydrogens (primary N) is 2. The van der Waals surface area contributed by atoms with Crippen molar-refractivity contribution in [3.05, 3.63) is 35.5 Å². The molecule has 3 atom stereocenters. The predicted molar refractivity (Wildman–Crippen MR) is 140 cm³/mol. The quantitative estimate of drug-likeness (QED) is 0.0985. The van der Waals surface area contributed by atoms with Crippen LogP contribution in [0.4, 0.5) is 0 Å². The fraction of sp³-hybridized carbons (Fsp3) is 0.692. The fourth-order valence-electron chi connectivity index (χ4n) is 4.08. The van der Waals surface area contributed by atoms with Crippen LogP contribution in [0.15, 0.2) is 40.4 Å². The molecule has 33 heavy (non-hydrogen) atoms. The van der Waals surface area contributed by atoms with Crippen molar-refractivity contribution in [1.29, 1.82) is 0 Å². The van der Waals surface area contributed by atoms with Crippen molar-refractivity contribution in [2.45, 2.75) is 72.3 Å². The van der Waals surface area contributed by atoms with Crippen LogP contribution in [-0.4, -0.2) is 62.7 Å². The number of allylic oxidation sites excluding steroid dienone is 5. The van der Waals surface area contributed by atoms with Gasteiger partial charge in [-0.15, -0.1) is 0 Å². The molecule has 2 unspecified atom stereocenters. The Bertz CT molecular complexity index is 689. The van der Waals surface area contributed by atoms with Crippen molar-refractivity contribution in [2.75, 3.05) is 39.9 Å². The number of carbonyl (C=O) groups excluding carboxylic acids is 1. The maximum atomic E-state index is 12.2. The van der Waals surface area contributed by atoms with Gasteiger partial charge in [0.25, 0.3) is 0 Å². The van der Waals surface area contributed by atoms with E-state index in [1.165, 1.54) is 16.0 Å². The molecule has 0 aromatic carbocycles. The molecule has 0 spiro atoms. The van der Waals surface area contributed by atoms with Crippen LogP contribution >= 0.6 is 0 Å². The van der Waals surface area contributed by atoms with Crippen LogP contribution in [0.2, 0.25) is 0 Å². The van der Waals surface area contributed by atoms with Gasteiger partial charge >= 0.3 is 0 Å². The molecule has 0 radical (unpaired) electrons. The topological polar surface area (TPSA) is 101 Å². The summed E-state index contributed by atoms with van der Waals surface area (Å²) in [5.74, 6) is 0.574. The first-order valence-electron chi connectivity index (χ1n) is 12.5. The van der Waals surface area contributed by atoms with Gasteiger partial charge in [-0.1, -0.05) is 36.3 Å². The summed E-state index contributed by atoms with van der Waals surface area (Å²) in [5.41, 5.74) is 13.6. The minimum Gasteiger partial charge on any atom is -0.370 e. The largest absolute Gasteiger partial charge is 0.370 e. The number of guanidine groups is 1. The van der Waals surface area contributed by atoms with Gasteiger partial charge in [0, 0.05) is 26.1 Å². The Morgan fingerprint density at radius 1 is 1.24 bits per heavy atom. The normalized spacial score (nSPS) is 20.1. The van der Waals surface area contributed by atoms with E-state index in [9.17, 15) is 4.79 Å². The molecule has 7 heteroatoms. The molecule has 1 rings (SSSR count). The molecule has 0 bridgehead atoms. The molecular formula is C26H49N6O+. The van der Waals surface area contributed by atoms with E-state index in [1.54, 1.807) is 6.08 Å². The third-order valence-electron chi connectivity index (χ3n) is 6.15. The molecule has 1 aliphatic heterocycles. The zero-order valence-corrected chi connectivity index (χ0v) is 21.7. The molecule has 7 nitrogen and oxygen atoms in total. The molecule has 0 aliphatic carbocycles. The van der Waals surface area contributed by atoms with Crippen LogP contribution in [0.1, 0.15) is 66.2 Å². The average molecular weight is 462 g/mol. The summed E-state index contributed by atoms with van der Waals surface area (Å²) in [4.78, 5) is 20.2. The fourth-order valence-corrected chi connectivity index (χ4v) is 4.08. The number of hydrogen-bond donors (Lipinski definition) is 4. The molecule has 188 valence electrons. The molecular weight excluding hydrogens is 412 g/mol. The van der Waals surface area contributed by atoms with E-state index < -0.39 is 0 Å². The van der Waals surface area contributed by atoms with Gasteiger partial charge < -0.3 is 21.7 Å². The smallest absolute Gasteiger partial charge is 0.243 e. The Morgan fingerprint density at radius 2 is 2.00 bits per heavy atom. The molecule has 0 saturated carbocycles. The molecule has 1 heterocycles. The van der Waals surface area contributed by atoms with Gasteiger partial charge in [-0.25, -0.2) is 0 Å². The Morgan fingerprint density at radius 3 is 2.70 bits per heavy atom. The number of aliphatic imine (C=N–C) groups is 1. The van der Waals surface area contributed by atoms with Crippen LogP contribution in [0, 0.1) is 5.92 Å². The van der Waals surface area contributed by atoms with Gasteiger partial charge in [-0.05, 0) is 64.9 Å². The lowest BCUT2D eigenvalue weighted by Crippen LogP contribution is -3.11. The van der Waals surface area contributed by atoms with Gasteiger partial charge in [-0.3, -0.25) is 14.7 Å². The van der Waals surface area contributed by atoms with Crippen LogP contribution in [-0.2, 0) is 4.79 Å². The second kappa shape index (κ2) is 16.5. The zero-order valence-electron chi connectivity index (χ0n) is 21.7. The lowest BCUT2D eigenvalue weighted by atomic mass is 10.0. The van der Waals surface area contributed by atoms with Gasteiger partial charge in [0.05, 0.1) is 13.6 Å². The van der Waals surface area contributed by atoms with Gasteiger partial charge in [0.2, 0.25) is 5.91 Å². The van der Waals surface area contributed by atoms with E-state index in [-0.39, 0.29) is 11.9 Å². The SMILES string of the molecule is CC(C)=CCCC(C)=CCC[C@H](C)C=CC(=O)NCCC1CN(CCCN=C(N)N)C[NH+]1C. The molecule has 6 N–H and O–H groups in total. The van der Waals surface area contributed by atoms with Crippen molar-refractivity contribution in [2.24, 2.45) is 22.4 Å². The van der Waals surface area contributed by atoms with Crippen molar-refractivity contribution in [3.8, 4) is 0 Å². The molecule has 1 aliphatic rings. The summed E-state index contributed by atoms with van der Waals surface area (Å²) in [5, 5.41) is 3.05. The first kappa shape index (κ1) is 28.9. The van der Waals surface area contributed by atoms with Gasteiger partial charge in [0.1, 0.15) is 12.7 Å². The lowest BCUT2D eigenvalue weighted by molar-refractivity contribution is -0.896. The first-order chi connectivity index (χ1) is 15.7. The number of carbonyl (C=O) groups is 1. The summed E-state index contributed by atoms with van der Waals surface area (Å²) in [6.45, 7) is 13.2. The minimum atomic E-state index is 0.0139. The first-order valence-corrected chi connectivity index (χ1v) is 12.5. The predicted octanol–water partition coefficient (Wildman–Crippen LogP) is 1.98. The Hall–Kier alpha value is -2.12. The summed E-state index contributed by atoms with van der Waals surface area (Å²) in [6, 6.07) is 0.544. The van der Waals surface area contributed by atoms with Crippen LogP contribution in [0.3, 0.4) is 0 Å².